The first-order valence-electron chi connectivity index (χ1n) is 9.42. The summed E-state index contributed by atoms with van der Waals surface area (Å²) in [6.45, 7) is 12.6. The average molecular weight is 474 g/mol. The number of oxime groups is 1. The molecule has 0 aliphatic heterocycles. The molecule has 1 N–H and O–H groups in total. The molecule has 0 radical (unpaired) electrons. The van der Waals surface area contributed by atoms with Gasteiger partial charge in [-0.2, -0.15) is 0 Å². The molecule has 1 amide bonds. The van der Waals surface area contributed by atoms with Crippen LogP contribution in [0.1, 0.15) is 46.6 Å². The van der Waals surface area contributed by atoms with E-state index in [1.54, 1.807) is 0 Å². The van der Waals surface area contributed by atoms with E-state index < -0.39 is 30.2 Å². The van der Waals surface area contributed by atoms with Crippen LogP contribution in [0.4, 0.5) is 18.9 Å². The third kappa shape index (κ3) is 7.96. The normalized spacial score (nSPS) is 12.6. The van der Waals surface area contributed by atoms with Gasteiger partial charge in [0.2, 0.25) is 5.91 Å². The quantitative estimate of drug-likeness (QED) is 0.274. The number of halogens is 4. The molecule has 0 saturated carbocycles. The molecule has 0 aliphatic carbocycles. The molecule has 0 heterocycles. The van der Waals surface area contributed by atoms with Crippen LogP contribution in [-0.4, -0.2) is 36.6 Å². The smallest absolute Gasteiger partial charge is 0.269 e. The average Bonchev–Trinajstić information content (AvgIpc) is 2.71. The molecule has 32 heavy (non-hydrogen) atoms. The van der Waals surface area contributed by atoms with Crippen molar-refractivity contribution < 1.29 is 27.6 Å². The first-order valence-corrected chi connectivity index (χ1v) is 9.79. The number of carbonyl (C=O) groups is 2. The summed E-state index contributed by atoms with van der Waals surface area (Å²) in [6, 6.07) is 2.16. The Morgan fingerprint density at radius 1 is 1.31 bits per heavy atom. The first kappa shape index (κ1) is 29.1. The monoisotopic (exact) mass is 473 g/mol. The van der Waals surface area contributed by atoms with Gasteiger partial charge in [-0.3, -0.25) is 14.5 Å². The van der Waals surface area contributed by atoms with Gasteiger partial charge in [0.05, 0.1) is 16.9 Å². The Hall–Kier alpha value is -2.94. The highest BCUT2D eigenvalue weighted by Crippen LogP contribution is 2.32. The molecule has 0 spiro atoms. The number of benzene rings is 1. The van der Waals surface area contributed by atoms with Gasteiger partial charge in [0.15, 0.2) is 11.9 Å². The van der Waals surface area contributed by atoms with Gasteiger partial charge in [-0.1, -0.05) is 30.3 Å². The van der Waals surface area contributed by atoms with Crippen molar-refractivity contribution in [3.05, 3.63) is 52.5 Å². The zero-order valence-electron chi connectivity index (χ0n) is 18.6. The fourth-order valence-corrected chi connectivity index (χ4v) is 2.50. The lowest BCUT2D eigenvalue weighted by Gasteiger charge is -2.24. The molecule has 1 rings (SSSR count). The Kier molecular flexibility index (Phi) is 11.6. The zero-order chi connectivity index (χ0) is 25.2. The van der Waals surface area contributed by atoms with Gasteiger partial charge in [0, 0.05) is 24.6 Å². The SMILES string of the molecule is C=C(/C=C(\C)C(F)(F)CC)N(C(C)=O)c1cc(/C=N/OC(C)C(C)=O)c(Cl)cc1F.C=N. The van der Waals surface area contributed by atoms with Crippen molar-refractivity contribution >= 4 is 41.9 Å². The molecule has 0 fully saturated rings. The van der Waals surface area contributed by atoms with E-state index in [0.717, 1.165) is 30.2 Å². The van der Waals surface area contributed by atoms with Gasteiger partial charge < -0.3 is 10.2 Å². The van der Waals surface area contributed by atoms with E-state index in [1.807, 2.05) is 0 Å². The van der Waals surface area contributed by atoms with E-state index in [4.69, 9.17) is 21.8 Å². The summed E-state index contributed by atoms with van der Waals surface area (Å²) in [5, 5.41) is 9.12. The minimum Gasteiger partial charge on any atom is -0.385 e. The van der Waals surface area contributed by atoms with Crippen LogP contribution in [0, 0.1) is 11.2 Å². The number of alkyl halides is 2. The first-order chi connectivity index (χ1) is 14.8. The maximum Gasteiger partial charge on any atom is 0.269 e. The van der Waals surface area contributed by atoms with E-state index in [2.05, 4.69) is 18.5 Å². The van der Waals surface area contributed by atoms with Crippen LogP contribution < -0.4 is 4.90 Å². The number of anilines is 1. The highest BCUT2D eigenvalue weighted by molar-refractivity contribution is 6.33. The molecule has 6 nitrogen and oxygen atoms in total. The molecule has 1 atom stereocenters. The molecule has 1 aromatic carbocycles. The molecule has 10 heteroatoms. The molecule has 176 valence electrons. The fourth-order valence-electron chi connectivity index (χ4n) is 2.30. The van der Waals surface area contributed by atoms with Crippen molar-refractivity contribution in [2.75, 3.05) is 4.90 Å². The van der Waals surface area contributed by atoms with Gasteiger partial charge in [-0.15, -0.1) is 0 Å². The summed E-state index contributed by atoms with van der Waals surface area (Å²) in [5.41, 5.74) is -0.521. The molecule has 0 saturated heterocycles. The third-order valence-electron chi connectivity index (χ3n) is 4.30. The summed E-state index contributed by atoms with van der Waals surface area (Å²) in [4.78, 5) is 29.2. The van der Waals surface area contributed by atoms with Gasteiger partial charge in [-0.05, 0) is 51.3 Å². The van der Waals surface area contributed by atoms with Crippen LogP contribution >= 0.6 is 11.6 Å². The highest BCUT2D eigenvalue weighted by Gasteiger charge is 2.29. The van der Waals surface area contributed by atoms with Crippen LogP contribution in [0.3, 0.4) is 0 Å². The predicted molar refractivity (Wildman–Crippen MR) is 121 cm³/mol. The molecule has 0 aliphatic rings. The second kappa shape index (κ2) is 12.8. The van der Waals surface area contributed by atoms with Crippen LogP contribution in [0.5, 0.6) is 0 Å². The molecular formula is C22H27ClF3N3O3. The Bertz CT molecular complexity index is 917. The molecule has 0 bridgehead atoms. The van der Waals surface area contributed by atoms with Crippen molar-refractivity contribution in [3.8, 4) is 0 Å². The molecule has 1 unspecified atom stereocenters. The van der Waals surface area contributed by atoms with Gasteiger partial charge in [-0.25, -0.2) is 13.2 Å². The van der Waals surface area contributed by atoms with E-state index in [0.29, 0.717) is 0 Å². The third-order valence-corrected chi connectivity index (χ3v) is 4.62. The van der Waals surface area contributed by atoms with Crippen molar-refractivity contribution in [3.63, 3.8) is 0 Å². The lowest BCUT2D eigenvalue weighted by molar-refractivity contribution is -0.127. The number of carbonyl (C=O) groups excluding carboxylic acids is 2. The summed E-state index contributed by atoms with van der Waals surface area (Å²) in [6.07, 6.45) is 0.960. The lowest BCUT2D eigenvalue weighted by atomic mass is 10.1. The summed E-state index contributed by atoms with van der Waals surface area (Å²) in [5.74, 6) is -4.84. The Labute approximate surface area is 190 Å². The number of rotatable bonds is 9. The number of Topliss-reactive ketones (excluding diaryl/α,β-unsaturated/α-hetero) is 1. The molecular weight excluding hydrogens is 447 g/mol. The molecule has 1 aromatic rings. The Morgan fingerprint density at radius 3 is 2.34 bits per heavy atom. The zero-order valence-corrected chi connectivity index (χ0v) is 19.4. The van der Waals surface area contributed by atoms with E-state index >= 15 is 0 Å². The minimum absolute atomic E-state index is 0.0302. The standard InChI is InChI=1S/C21H24ClF3N2O3.CH3N/c1-7-21(24,25)12(2)8-13(3)27(16(6)29)20-9-17(18(22)10-19(20)23)11-26-30-15(5)14(4)28;1-2/h8-11,15H,3,7H2,1-2,4-6H3;2H,1H2/b12-8+,26-11+;. The summed E-state index contributed by atoms with van der Waals surface area (Å²) < 4.78 is 42.3. The van der Waals surface area contributed by atoms with Crippen molar-refractivity contribution in [1.29, 1.82) is 5.41 Å². The predicted octanol–water partition coefficient (Wildman–Crippen LogP) is 5.93. The van der Waals surface area contributed by atoms with Crippen molar-refractivity contribution in [2.45, 2.75) is 53.1 Å². The number of hydrogen-bond acceptors (Lipinski definition) is 5. The van der Waals surface area contributed by atoms with Crippen molar-refractivity contribution in [1.82, 2.24) is 0 Å². The van der Waals surface area contributed by atoms with Crippen molar-refractivity contribution in [2.24, 2.45) is 5.16 Å². The van der Waals surface area contributed by atoms with Crippen LogP contribution in [0.15, 0.2) is 41.2 Å². The van der Waals surface area contributed by atoms with Crippen LogP contribution in [0.25, 0.3) is 0 Å². The highest BCUT2D eigenvalue weighted by atomic mass is 35.5. The topological polar surface area (TPSA) is 82.8 Å². The molecule has 0 aromatic heterocycles. The fraction of sp³-hybridized carbons (Fsp3) is 0.364. The number of amides is 1. The Morgan fingerprint density at radius 2 is 1.88 bits per heavy atom. The van der Waals surface area contributed by atoms with E-state index in [9.17, 15) is 22.8 Å². The maximum absolute atomic E-state index is 14.6. The maximum atomic E-state index is 14.6. The minimum atomic E-state index is -3.09. The second-order valence-electron chi connectivity index (χ2n) is 6.65. The number of nitrogens with zero attached hydrogens (tertiary/aromatic N) is 2. The largest absolute Gasteiger partial charge is 0.385 e. The summed E-state index contributed by atoms with van der Waals surface area (Å²) in [7, 11) is 0. The van der Waals surface area contributed by atoms with Gasteiger partial charge in [0.25, 0.3) is 5.92 Å². The van der Waals surface area contributed by atoms with Crippen LogP contribution in [0.2, 0.25) is 5.02 Å². The van der Waals surface area contributed by atoms with Gasteiger partial charge in [0.1, 0.15) is 5.82 Å². The number of ketones is 1. The van der Waals surface area contributed by atoms with Crippen LogP contribution in [-0.2, 0) is 14.4 Å². The number of allylic oxidation sites excluding steroid dienone is 2. The lowest BCUT2D eigenvalue weighted by Crippen LogP contribution is -2.28. The summed E-state index contributed by atoms with van der Waals surface area (Å²) >= 11 is 6.02. The number of hydrogen-bond donors (Lipinski definition) is 1. The number of nitrogens with one attached hydrogen (secondary N) is 1. The second-order valence-corrected chi connectivity index (χ2v) is 7.06. The Balaban J connectivity index is 0.00000466. The van der Waals surface area contributed by atoms with Gasteiger partial charge >= 0.3 is 0 Å². The van der Waals surface area contributed by atoms with E-state index in [-0.39, 0.29) is 33.3 Å². The van der Waals surface area contributed by atoms with E-state index in [1.165, 1.54) is 33.8 Å².